The number of carbonyl (C=O) groups is 1. The summed E-state index contributed by atoms with van der Waals surface area (Å²) in [7, 11) is 3.76. The van der Waals surface area contributed by atoms with Gasteiger partial charge in [-0.05, 0) is 115 Å². The van der Waals surface area contributed by atoms with Crippen LogP contribution in [0.15, 0.2) is 94.7 Å². The highest BCUT2D eigenvalue weighted by Gasteiger charge is 2.49. The van der Waals surface area contributed by atoms with Crippen LogP contribution in [0.5, 0.6) is 11.5 Å². The summed E-state index contributed by atoms with van der Waals surface area (Å²) in [5, 5.41) is 12.1. The number of carbonyl (C=O) groups excluding carboxylic acids is 1. The molecule has 0 amide bonds. The number of ether oxygens (including phenoxy) is 2. The molecule has 1 aliphatic heterocycles. The number of anilines is 2. The molecule has 5 rings (SSSR count). The minimum atomic E-state index is -3.67. The van der Waals surface area contributed by atoms with E-state index in [0.717, 1.165) is 97.2 Å². The van der Waals surface area contributed by atoms with Crippen molar-refractivity contribution in [3.8, 4) is 11.5 Å². The van der Waals surface area contributed by atoms with Gasteiger partial charge in [0.1, 0.15) is 17.8 Å². The number of aliphatic hydroxyl groups excluding tert-OH is 1. The van der Waals surface area contributed by atoms with Gasteiger partial charge in [0.25, 0.3) is 0 Å². The highest BCUT2D eigenvalue weighted by molar-refractivity contribution is 7.91. The number of aliphatic hydroxyl groups is 1. The van der Waals surface area contributed by atoms with E-state index in [1.165, 1.54) is 0 Å². The molecule has 0 fully saturated rings. The molecule has 1 aliphatic rings. The van der Waals surface area contributed by atoms with E-state index < -0.39 is 42.5 Å². The van der Waals surface area contributed by atoms with Crippen LogP contribution in [0.2, 0.25) is 0 Å². The number of nitrogens with zero attached hydrogens (tertiary/aromatic N) is 2. The van der Waals surface area contributed by atoms with E-state index in [0.29, 0.717) is 47.5 Å². The smallest absolute Gasteiger partial charge is 0.179 e. The van der Waals surface area contributed by atoms with E-state index in [4.69, 9.17) is 9.47 Å². The standard InChI is InChI=1S/2C27H39NO4S/c1-6-8-16-27(17-9-7-2)19-33(30,31)24-15-12-21(28(3)4)18-23(24)25(26(27)29)20-10-13-22(32-5)14-11-20;1-6-8-16-27(20-29,17-9-7-2)21-33(30,31)26-15-12-24(28(3)4)19-23(26)18-22-10-13-25(32-5)14-11-22/h10-15,18,25-26,29H,6-9,16-17,19H2,1-5H3;10-15,19-20H,6-9,16-18,21H2,1-5H3. The summed E-state index contributed by atoms with van der Waals surface area (Å²) in [6.07, 6.45) is 10.5. The van der Waals surface area contributed by atoms with Crippen LogP contribution in [0, 0.1) is 10.8 Å². The Kier molecular flexibility index (Phi) is 20.2. The Morgan fingerprint density at radius 2 is 1.23 bits per heavy atom. The van der Waals surface area contributed by atoms with Gasteiger partial charge >= 0.3 is 0 Å². The number of hydrogen-bond acceptors (Lipinski definition) is 10. The highest BCUT2D eigenvalue weighted by Crippen LogP contribution is 2.50. The Morgan fingerprint density at radius 3 is 1.71 bits per heavy atom. The first kappa shape index (κ1) is 54.2. The maximum Gasteiger partial charge on any atom is 0.179 e. The van der Waals surface area contributed by atoms with Crippen molar-refractivity contribution in [2.75, 3.05) is 63.7 Å². The summed E-state index contributed by atoms with van der Waals surface area (Å²) in [5.74, 6) is 0.913. The van der Waals surface area contributed by atoms with Crippen molar-refractivity contribution < 1.29 is 36.2 Å². The lowest BCUT2D eigenvalue weighted by molar-refractivity contribution is -0.116. The zero-order valence-corrected chi connectivity index (χ0v) is 43.1. The number of rotatable bonds is 23. The fourth-order valence-electron chi connectivity index (χ4n) is 9.39. The topological polar surface area (TPSA) is 131 Å². The van der Waals surface area contributed by atoms with Gasteiger partial charge in [-0.25, -0.2) is 16.8 Å². The third-order valence-electron chi connectivity index (χ3n) is 13.4. The Hall–Kier alpha value is -4.39. The molecule has 4 aromatic carbocycles. The fourth-order valence-corrected chi connectivity index (χ4v) is 13.7. The van der Waals surface area contributed by atoms with Gasteiger partial charge in [0, 0.05) is 56.3 Å². The zero-order chi connectivity index (χ0) is 48.7. The average molecular weight is 947 g/mol. The van der Waals surface area contributed by atoms with E-state index >= 15 is 0 Å². The van der Waals surface area contributed by atoms with Gasteiger partial charge in [-0.15, -0.1) is 0 Å². The van der Waals surface area contributed by atoms with Crippen molar-refractivity contribution in [2.45, 2.75) is 133 Å². The number of methoxy groups -OCH3 is 2. The number of aldehydes is 1. The molecule has 364 valence electrons. The predicted octanol–water partition coefficient (Wildman–Crippen LogP) is 11.1. The molecule has 0 spiro atoms. The molecule has 0 aromatic heterocycles. The first-order valence-electron chi connectivity index (χ1n) is 23.9. The fraction of sp³-hybridized carbons (Fsp3) is 0.537. The molecule has 4 aromatic rings. The molecule has 2 atom stereocenters. The van der Waals surface area contributed by atoms with Crippen LogP contribution in [-0.4, -0.2) is 88.2 Å². The van der Waals surface area contributed by atoms with Crippen LogP contribution < -0.4 is 19.3 Å². The number of hydrogen-bond donors (Lipinski definition) is 1. The van der Waals surface area contributed by atoms with Gasteiger partial charge in [0.2, 0.25) is 0 Å². The van der Waals surface area contributed by atoms with Crippen LogP contribution >= 0.6 is 0 Å². The van der Waals surface area contributed by atoms with Crippen molar-refractivity contribution in [3.05, 3.63) is 107 Å². The minimum absolute atomic E-state index is 0.0118. The van der Waals surface area contributed by atoms with Crippen molar-refractivity contribution >= 4 is 37.3 Å². The Morgan fingerprint density at radius 1 is 0.727 bits per heavy atom. The van der Waals surface area contributed by atoms with Crippen LogP contribution in [0.25, 0.3) is 0 Å². The van der Waals surface area contributed by atoms with Crippen LogP contribution in [0.1, 0.15) is 133 Å². The lowest BCUT2D eigenvalue weighted by Gasteiger charge is -2.40. The van der Waals surface area contributed by atoms with Gasteiger partial charge in [0.05, 0.1) is 41.6 Å². The van der Waals surface area contributed by atoms with Gasteiger partial charge in [0.15, 0.2) is 19.7 Å². The van der Waals surface area contributed by atoms with Crippen LogP contribution in [0.3, 0.4) is 0 Å². The zero-order valence-electron chi connectivity index (χ0n) is 41.4. The van der Waals surface area contributed by atoms with Crippen molar-refractivity contribution in [1.29, 1.82) is 0 Å². The minimum Gasteiger partial charge on any atom is -0.497 e. The third kappa shape index (κ3) is 13.6. The van der Waals surface area contributed by atoms with Crippen LogP contribution in [-0.2, 0) is 30.9 Å². The highest BCUT2D eigenvalue weighted by atomic mass is 32.2. The molecule has 12 heteroatoms. The molecule has 0 aliphatic carbocycles. The predicted molar refractivity (Wildman–Crippen MR) is 271 cm³/mol. The van der Waals surface area contributed by atoms with Crippen molar-refractivity contribution in [1.82, 2.24) is 0 Å². The molecule has 10 nitrogen and oxygen atoms in total. The molecule has 1 heterocycles. The SMILES string of the molecule is CCCCC(C=O)(CCCC)CS(=O)(=O)c1ccc(N(C)C)cc1Cc1ccc(OC)cc1.CCCCC1(CCCC)CS(=O)(=O)c2ccc(N(C)C)cc2C(c2ccc(OC)cc2)C1O. The van der Waals surface area contributed by atoms with E-state index in [9.17, 15) is 26.7 Å². The van der Waals surface area contributed by atoms with Crippen molar-refractivity contribution in [3.63, 3.8) is 0 Å². The number of benzene rings is 4. The lowest BCUT2D eigenvalue weighted by atomic mass is 9.68. The molecule has 66 heavy (non-hydrogen) atoms. The summed E-state index contributed by atoms with van der Waals surface area (Å²) in [5.41, 5.74) is 3.69. The molecule has 0 bridgehead atoms. The second-order valence-electron chi connectivity index (χ2n) is 18.8. The summed E-state index contributed by atoms with van der Waals surface area (Å²) >= 11 is 0. The molecule has 1 N–H and O–H groups in total. The van der Waals surface area contributed by atoms with E-state index in [1.54, 1.807) is 26.4 Å². The molecule has 0 radical (unpaired) electrons. The van der Waals surface area contributed by atoms with Gasteiger partial charge in [-0.1, -0.05) is 103 Å². The van der Waals surface area contributed by atoms with E-state index in [-0.39, 0.29) is 11.5 Å². The summed E-state index contributed by atoms with van der Waals surface area (Å²) in [6, 6.07) is 26.4. The van der Waals surface area contributed by atoms with Crippen LogP contribution in [0.4, 0.5) is 11.4 Å². The van der Waals surface area contributed by atoms with Gasteiger partial charge < -0.3 is 29.2 Å². The molecule has 2 unspecified atom stereocenters. The monoisotopic (exact) mass is 947 g/mol. The molecule has 0 saturated heterocycles. The molecular weight excluding hydrogens is 869 g/mol. The summed E-state index contributed by atoms with van der Waals surface area (Å²) in [6.45, 7) is 8.36. The maximum atomic E-state index is 13.8. The summed E-state index contributed by atoms with van der Waals surface area (Å²) in [4.78, 5) is 16.9. The first-order chi connectivity index (χ1) is 31.4. The second kappa shape index (κ2) is 24.6. The molecular formula is C54H78N2O8S2. The Labute approximate surface area is 398 Å². The lowest BCUT2D eigenvalue weighted by Crippen LogP contribution is -2.43. The number of fused-ring (bicyclic) bond motifs is 1. The van der Waals surface area contributed by atoms with E-state index in [2.05, 4.69) is 27.7 Å². The van der Waals surface area contributed by atoms with E-state index in [1.807, 2.05) is 111 Å². The quantitative estimate of drug-likeness (QED) is 0.0717. The second-order valence-corrected chi connectivity index (χ2v) is 22.7. The number of sulfone groups is 2. The normalized spacial score (nSPS) is 16.5. The molecule has 0 saturated carbocycles. The largest absolute Gasteiger partial charge is 0.497 e. The third-order valence-corrected chi connectivity index (χ3v) is 17.4. The Bertz CT molecular complexity index is 2350. The van der Waals surface area contributed by atoms with Gasteiger partial charge in [-0.3, -0.25) is 0 Å². The number of unbranched alkanes of at least 4 members (excludes halogenated alkanes) is 4. The Balaban J connectivity index is 0.000000289. The summed E-state index contributed by atoms with van der Waals surface area (Å²) < 4.78 is 65.6. The maximum absolute atomic E-state index is 13.8. The van der Waals surface area contributed by atoms with Gasteiger partial charge in [-0.2, -0.15) is 0 Å². The first-order valence-corrected chi connectivity index (χ1v) is 27.2. The average Bonchev–Trinajstić information content (AvgIpc) is 3.37. The van der Waals surface area contributed by atoms with Crippen molar-refractivity contribution in [2.24, 2.45) is 10.8 Å².